The van der Waals surface area contributed by atoms with Crippen molar-refractivity contribution in [3.63, 3.8) is 0 Å². The maximum atomic E-state index is 5.81. The second-order valence-corrected chi connectivity index (χ2v) is 4.47. The van der Waals surface area contributed by atoms with Gasteiger partial charge in [0.1, 0.15) is 0 Å². The molecule has 0 unspecified atom stereocenters. The lowest BCUT2D eigenvalue weighted by Crippen LogP contribution is -2.20. The summed E-state index contributed by atoms with van der Waals surface area (Å²) in [5.41, 5.74) is 15.2. The molecule has 3 heteroatoms. The fraction of sp³-hybridized carbons (Fsp3) is 0.200. The smallest absolute Gasteiger partial charge is 0.0568 e. The van der Waals surface area contributed by atoms with E-state index in [0.29, 0.717) is 11.4 Å². The Morgan fingerprint density at radius 1 is 0.944 bits per heavy atom. The predicted molar refractivity (Wildman–Crippen MR) is 78.7 cm³/mol. The van der Waals surface area contributed by atoms with E-state index in [0.717, 1.165) is 18.7 Å². The molecule has 0 fully saturated rings. The lowest BCUT2D eigenvalue weighted by atomic mass is 10.1. The SMILES string of the molecule is CN(CCc1ccccc1)c1ccc(N)c(N)c1. The first-order valence-electron chi connectivity index (χ1n) is 6.07. The van der Waals surface area contributed by atoms with Crippen LogP contribution in [0.5, 0.6) is 0 Å². The molecule has 94 valence electrons. The molecule has 0 saturated carbocycles. The van der Waals surface area contributed by atoms with Crippen molar-refractivity contribution in [2.75, 3.05) is 30.0 Å². The van der Waals surface area contributed by atoms with E-state index in [1.165, 1.54) is 5.56 Å². The number of rotatable bonds is 4. The third-order valence-electron chi connectivity index (χ3n) is 3.09. The first-order valence-corrected chi connectivity index (χ1v) is 6.07. The van der Waals surface area contributed by atoms with E-state index >= 15 is 0 Å². The maximum absolute atomic E-state index is 5.81. The number of hydrogen-bond donors (Lipinski definition) is 2. The lowest BCUT2D eigenvalue weighted by molar-refractivity contribution is 0.877. The second-order valence-electron chi connectivity index (χ2n) is 4.47. The van der Waals surface area contributed by atoms with Gasteiger partial charge >= 0.3 is 0 Å². The average molecular weight is 241 g/mol. The largest absolute Gasteiger partial charge is 0.397 e. The number of likely N-dealkylation sites (N-methyl/N-ethyl adjacent to an activating group) is 1. The van der Waals surface area contributed by atoms with Gasteiger partial charge in [0, 0.05) is 19.3 Å². The van der Waals surface area contributed by atoms with Crippen LogP contribution in [0.1, 0.15) is 5.56 Å². The molecule has 0 amide bonds. The minimum absolute atomic E-state index is 0.634. The summed E-state index contributed by atoms with van der Waals surface area (Å²) >= 11 is 0. The third kappa shape index (κ3) is 2.94. The molecule has 0 atom stereocenters. The van der Waals surface area contributed by atoms with Gasteiger partial charge in [-0.3, -0.25) is 0 Å². The number of nitrogen functional groups attached to an aromatic ring is 2. The molecule has 0 bridgehead atoms. The monoisotopic (exact) mass is 241 g/mol. The van der Waals surface area contributed by atoms with Crippen LogP contribution in [0.3, 0.4) is 0 Å². The predicted octanol–water partition coefficient (Wildman–Crippen LogP) is 2.53. The zero-order valence-corrected chi connectivity index (χ0v) is 10.6. The van der Waals surface area contributed by atoms with E-state index in [2.05, 4.69) is 36.2 Å². The van der Waals surface area contributed by atoms with Crippen LogP contribution in [-0.2, 0) is 6.42 Å². The molecular formula is C15H19N3. The van der Waals surface area contributed by atoms with Gasteiger partial charge in [-0.25, -0.2) is 0 Å². The van der Waals surface area contributed by atoms with E-state index in [-0.39, 0.29) is 0 Å². The second kappa shape index (κ2) is 5.45. The van der Waals surface area contributed by atoms with Crippen LogP contribution >= 0.6 is 0 Å². The topological polar surface area (TPSA) is 55.3 Å². The molecule has 4 N–H and O–H groups in total. The third-order valence-corrected chi connectivity index (χ3v) is 3.09. The van der Waals surface area contributed by atoms with Crippen LogP contribution in [0, 0.1) is 0 Å². The summed E-state index contributed by atoms with van der Waals surface area (Å²) in [6.07, 6.45) is 1.02. The first kappa shape index (κ1) is 12.3. The Kier molecular flexibility index (Phi) is 3.72. The van der Waals surface area contributed by atoms with Gasteiger partial charge in [-0.2, -0.15) is 0 Å². The van der Waals surface area contributed by atoms with Crippen molar-refractivity contribution in [2.24, 2.45) is 0 Å². The summed E-state index contributed by atoms with van der Waals surface area (Å²) in [7, 11) is 2.06. The number of nitrogens with two attached hydrogens (primary N) is 2. The summed E-state index contributed by atoms with van der Waals surface area (Å²) in [6.45, 7) is 0.952. The normalized spacial score (nSPS) is 10.3. The molecule has 0 spiro atoms. The lowest BCUT2D eigenvalue weighted by Gasteiger charge is -2.20. The molecule has 2 rings (SSSR count). The summed E-state index contributed by atoms with van der Waals surface area (Å²) < 4.78 is 0. The zero-order chi connectivity index (χ0) is 13.0. The summed E-state index contributed by atoms with van der Waals surface area (Å²) in [5, 5.41) is 0. The van der Waals surface area contributed by atoms with E-state index < -0.39 is 0 Å². The van der Waals surface area contributed by atoms with Crippen LogP contribution in [0.2, 0.25) is 0 Å². The highest BCUT2D eigenvalue weighted by Crippen LogP contribution is 2.22. The highest BCUT2D eigenvalue weighted by atomic mass is 15.1. The highest BCUT2D eigenvalue weighted by Gasteiger charge is 2.03. The quantitative estimate of drug-likeness (QED) is 0.809. The molecule has 0 radical (unpaired) electrons. The number of benzene rings is 2. The van der Waals surface area contributed by atoms with Crippen molar-refractivity contribution in [3.05, 3.63) is 54.1 Å². The van der Waals surface area contributed by atoms with Crippen LogP contribution in [0.25, 0.3) is 0 Å². The van der Waals surface area contributed by atoms with Crippen molar-refractivity contribution in [1.29, 1.82) is 0 Å². The standard InChI is InChI=1S/C15H19N3/c1-18(10-9-12-5-3-2-4-6-12)13-7-8-14(16)15(17)11-13/h2-8,11H,9-10,16-17H2,1H3. The molecule has 3 nitrogen and oxygen atoms in total. The van der Waals surface area contributed by atoms with Gasteiger partial charge in [-0.05, 0) is 30.2 Å². The van der Waals surface area contributed by atoms with Crippen LogP contribution in [0.15, 0.2) is 48.5 Å². The molecular weight excluding hydrogens is 222 g/mol. The van der Waals surface area contributed by atoms with Gasteiger partial charge in [-0.1, -0.05) is 30.3 Å². The Bertz CT molecular complexity index is 508. The van der Waals surface area contributed by atoms with Crippen LogP contribution < -0.4 is 16.4 Å². The van der Waals surface area contributed by atoms with Crippen molar-refractivity contribution in [3.8, 4) is 0 Å². The fourth-order valence-electron chi connectivity index (χ4n) is 1.87. The van der Waals surface area contributed by atoms with Gasteiger partial charge in [0.25, 0.3) is 0 Å². The van der Waals surface area contributed by atoms with Gasteiger partial charge in [0.15, 0.2) is 0 Å². The average Bonchev–Trinajstić information content (AvgIpc) is 2.40. The Morgan fingerprint density at radius 3 is 2.33 bits per heavy atom. The van der Waals surface area contributed by atoms with Crippen molar-refractivity contribution < 1.29 is 0 Å². The molecule has 0 heterocycles. The molecule has 0 aromatic heterocycles. The van der Waals surface area contributed by atoms with Crippen molar-refractivity contribution in [2.45, 2.75) is 6.42 Å². The Morgan fingerprint density at radius 2 is 1.67 bits per heavy atom. The Balaban J connectivity index is 1.99. The van der Waals surface area contributed by atoms with E-state index in [9.17, 15) is 0 Å². The van der Waals surface area contributed by atoms with Crippen LogP contribution in [0.4, 0.5) is 17.1 Å². The summed E-state index contributed by atoms with van der Waals surface area (Å²) in [4.78, 5) is 2.18. The van der Waals surface area contributed by atoms with E-state index in [1.54, 1.807) is 0 Å². The molecule has 0 saturated heterocycles. The van der Waals surface area contributed by atoms with Gasteiger partial charge in [-0.15, -0.1) is 0 Å². The highest BCUT2D eigenvalue weighted by molar-refractivity contribution is 5.69. The van der Waals surface area contributed by atoms with E-state index in [4.69, 9.17) is 11.5 Å². The number of anilines is 3. The molecule has 0 aliphatic carbocycles. The summed E-state index contributed by atoms with van der Waals surface area (Å²) in [6, 6.07) is 16.2. The van der Waals surface area contributed by atoms with Crippen molar-refractivity contribution >= 4 is 17.1 Å². The van der Waals surface area contributed by atoms with Crippen LogP contribution in [-0.4, -0.2) is 13.6 Å². The fourth-order valence-corrected chi connectivity index (χ4v) is 1.87. The van der Waals surface area contributed by atoms with Gasteiger partial charge in [0.2, 0.25) is 0 Å². The van der Waals surface area contributed by atoms with Crippen molar-refractivity contribution in [1.82, 2.24) is 0 Å². The maximum Gasteiger partial charge on any atom is 0.0568 e. The zero-order valence-electron chi connectivity index (χ0n) is 10.6. The minimum Gasteiger partial charge on any atom is -0.397 e. The van der Waals surface area contributed by atoms with Gasteiger partial charge < -0.3 is 16.4 Å². The van der Waals surface area contributed by atoms with E-state index in [1.807, 2.05) is 24.3 Å². The van der Waals surface area contributed by atoms with Gasteiger partial charge in [0.05, 0.1) is 11.4 Å². The molecule has 18 heavy (non-hydrogen) atoms. The minimum atomic E-state index is 0.634. The molecule has 2 aromatic rings. The number of nitrogens with zero attached hydrogens (tertiary/aromatic N) is 1. The Hall–Kier alpha value is -2.16. The summed E-state index contributed by atoms with van der Waals surface area (Å²) in [5.74, 6) is 0. The first-order chi connectivity index (χ1) is 8.66. The molecule has 0 aliphatic rings. The molecule has 2 aromatic carbocycles. The Labute approximate surface area is 108 Å². The molecule has 0 aliphatic heterocycles. The number of hydrogen-bond acceptors (Lipinski definition) is 3.